The van der Waals surface area contributed by atoms with Crippen LogP contribution < -0.4 is 10.6 Å². The van der Waals surface area contributed by atoms with Gasteiger partial charge in [-0.25, -0.2) is 4.79 Å². The first-order chi connectivity index (χ1) is 8.00. The van der Waals surface area contributed by atoms with Crippen LogP contribution in [0.2, 0.25) is 5.02 Å². The summed E-state index contributed by atoms with van der Waals surface area (Å²) in [5.41, 5.74) is 0.777. The van der Waals surface area contributed by atoms with Gasteiger partial charge in [-0.2, -0.15) is 0 Å². The maximum atomic E-state index is 11.3. The molecule has 0 aliphatic heterocycles. The Morgan fingerprint density at radius 1 is 1.41 bits per heavy atom. The largest absolute Gasteiger partial charge is 0.480 e. The summed E-state index contributed by atoms with van der Waals surface area (Å²) in [5, 5.41) is 13.8. The molecule has 1 unspecified atom stereocenters. The Hall–Kier alpha value is -1.75. The van der Waals surface area contributed by atoms with Crippen molar-refractivity contribution in [2.75, 3.05) is 6.54 Å². The Balaban J connectivity index is 2.55. The molecule has 0 heterocycles. The van der Waals surface area contributed by atoms with Crippen LogP contribution in [0.1, 0.15) is 18.5 Å². The molecule has 0 saturated carbocycles. The van der Waals surface area contributed by atoms with Gasteiger partial charge in [-0.1, -0.05) is 29.8 Å². The van der Waals surface area contributed by atoms with Gasteiger partial charge >= 0.3 is 12.0 Å². The second-order valence-electron chi connectivity index (χ2n) is 3.46. The topological polar surface area (TPSA) is 78.4 Å². The maximum absolute atomic E-state index is 11.3. The summed E-state index contributed by atoms with van der Waals surface area (Å²) >= 11 is 5.96. The van der Waals surface area contributed by atoms with Crippen molar-refractivity contribution < 1.29 is 14.7 Å². The molecule has 92 valence electrons. The molecule has 0 aliphatic carbocycles. The van der Waals surface area contributed by atoms with E-state index in [1.807, 2.05) is 6.07 Å². The highest BCUT2D eigenvalue weighted by Gasteiger charge is 2.12. The van der Waals surface area contributed by atoms with Crippen LogP contribution in [0.5, 0.6) is 0 Å². The van der Waals surface area contributed by atoms with Crippen LogP contribution in [0.25, 0.3) is 0 Å². The first-order valence-electron chi connectivity index (χ1n) is 5.01. The summed E-state index contributed by atoms with van der Waals surface area (Å²) < 4.78 is 0. The number of rotatable bonds is 4. The second kappa shape index (κ2) is 6.10. The molecular weight excluding hydrogens is 244 g/mol. The fraction of sp³-hybridized carbons (Fsp3) is 0.273. The number of carboxylic acid groups (broad SMARTS) is 1. The predicted molar refractivity (Wildman–Crippen MR) is 64.0 cm³/mol. The quantitative estimate of drug-likeness (QED) is 0.768. The molecule has 5 nitrogen and oxygen atoms in total. The van der Waals surface area contributed by atoms with Crippen LogP contribution in [-0.4, -0.2) is 23.7 Å². The number of hydrogen-bond donors (Lipinski definition) is 3. The molecule has 0 spiro atoms. The Bertz CT molecular complexity index is 423. The number of hydrogen-bond acceptors (Lipinski definition) is 2. The molecule has 0 radical (unpaired) electrons. The molecule has 6 heteroatoms. The van der Waals surface area contributed by atoms with Gasteiger partial charge in [0.25, 0.3) is 0 Å². The molecule has 3 N–H and O–H groups in total. The maximum Gasteiger partial charge on any atom is 0.323 e. The van der Waals surface area contributed by atoms with E-state index in [4.69, 9.17) is 16.7 Å². The van der Waals surface area contributed by atoms with E-state index < -0.39 is 18.5 Å². The van der Waals surface area contributed by atoms with Gasteiger partial charge in [-0.3, -0.25) is 4.79 Å². The van der Waals surface area contributed by atoms with Crippen molar-refractivity contribution in [3.8, 4) is 0 Å². The molecule has 1 rings (SSSR count). The lowest BCUT2D eigenvalue weighted by molar-refractivity contribution is -0.135. The highest BCUT2D eigenvalue weighted by molar-refractivity contribution is 6.31. The number of benzene rings is 1. The van der Waals surface area contributed by atoms with E-state index in [2.05, 4.69) is 10.6 Å². The fourth-order valence-corrected chi connectivity index (χ4v) is 1.61. The van der Waals surface area contributed by atoms with Crippen molar-refractivity contribution in [3.63, 3.8) is 0 Å². The number of nitrogens with one attached hydrogen (secondary N) is 2. The second-order valence-corrected chi connectivity index (χ2v) is 3.87. The molecule has 1 aromatic rings. The van der Waals surface area contributed by atoms with Crippen molar-refractivity contribution in [2.45, 2.75) is 13.0 Å². The number of carbonyl (C=O) groups excluding carboxylic acids is 1. The third-order valence-corrected chi connectivity index (χ3v) is 2.46. The number of carboxylic acids is 1. The van der Waals surface area contributed by atoms with Gasteiger partial charge in [0.05, 0.1) is 6.04 Å². The smallest absolute Gasteiger partial charge is 0.323 e. The fourth-order valence-electron chi connectivity index (χ4n) is 1.31. The van der Waals surface area contributed by atoms with Crippen molar-refractivity contribution in [2.24, 2.45) is 0 Å². The SMILES string of the molecule is CC(NC(=O)NCC(=O)O)c1ccccc1Cl. The Labute approximate surface area is 104 Å². The first kappa shape index (κ1) is 13.3. The van der Waals surface area contributed by atoms with Crippen LogP contribution in [0.4, 0.5) is 4.79 Å². The Morgan fingerprint density at radius 3 is 2.65 bits per heavy atom. The lowest BCUT2D eigenvalue weighted by Gasteiger charge is -2.15. The van der Waals surface area contributed by atoms with Gasteiger partial charge in [0.15, 0.2) is 0 Å². The van der Waals surface area contributed by atoms with E-state index >= 15 is 0 Å². The van der Waals surface area contributed by atoms with Crippen molar-refractivity contribution in [1.82, 2.24) is 10.6 Å². The van der Waals surface area contributed by atoms with Gasteiger partial charge in [0.2, 0.25) is 0 Å². The molecule has 0 aliphatic rings. The van der Waals surface area contributed by atoms with E-state index in [0.717, 1.165) is 5.56 Å². The summed E-state index contributed by atoms with van der Waals surface area (Å²) in [5.74, 6) is -1.09. The first-order valence-corrected chi connectivity index (χ1v) is 5.39. The highest BCUT2D eigenvalue weighted by atomic mass is 35.5. The number of amides is 2. The van der Waals surface area contributed by atoms with E-state index in [9.17, 15) is 9.59 Å². The monoisotopic (exact) mass is 256 g/mol. The number of carbonyl (C=O) groups is 2. The zero-order valence-corrected chi connectivity index (χ0v) is 9.99. The molecule has 2 amide bonds. The molecule has 17 heavy (non-hydrogen) atoms. The zero-order chi connectivity index (χ0) is 12.8. The third kappa shape index (κ3) is 4.32. The van der Waals surface area contributed by atoms with Crippen LogP contribution in [-0.2, 0) is 4.79 Å². The van der Waals surface area contributed by atoms with Crippen molar-refractivity contribution in [3.05, 3.63) is 34.9 Å². The van der Waals surface area contributed by atoms with Gasteiger partial charge in [-0.05, 0) is 18.6 Å². The minimum absolute atomic E-state index is 0.294. The average molecular weight is 257 g/mol. The molecule has 1 atom stereocenters. The minimum atomic E-state index is -1.09. The molecule has 0 aromatic heterocycles. The standard InChI is InChI=1S/C11H13ClN2O3/c1-7(8-4-2-3-5-9(8)12)14-11(17)13-6-10(15)16/h2-5,7H,6H2,1H3,(H,15,16)(H2,13,14,17). The van der Waals surface area contributed by atoms with Crippen LogP contribution in [0.3, 0.4) is 0 Å². The zero-order valence-electron chi connectivity index (χ0n) is 9.24. The molecule has 1 aromatic carbocycles. The Morgan fingerprint density at radius 2 is 2.06 bits per heavy atom. The van der Waals surface area contributed by atoms with Crippen LogP contribution in [0, 0.1) is 0 Å². The lowest BCUT2D eigenvalue weighted by atomic mass is 10.1. The molecule has 0 bridgehead atoms. The Kier molecular flexibility index (Phi) is 4.78. The summed E-state index contributed by atoms with van der Waals surface area (Å²) in [6.45, 7) is 1.35. The van der Waals surface area contributed by atoms with E-state index in [0.29, 0.717) is 5.02 Å². The number of urea groups is 1. The molecular formula is C11H13ClN2O3. The lowest BCUT2D eigenvalue weighted by Crippen LogP contribution is -2.39. The summed E-state index contributed by atoms with van der Waals surface area (Å²) in [7, 11) is 0. The van der Waals surface area contributed by atoms with E-state index in [1.54, 1.807) is 25.1 Å². The van der Waals surface area contributed by atoms with Gasteiger partial charge in [-0.15, -0.1) is 0 Å². The van der Waals surface area contributed by atoms with Crippen molar-refractivity contribution in [1.29, 1.82) is 0 Å². The molecule has 0 saturated heterocycles. The van der Waals surface area contributed by atoms with E-state index in [-0.39, 0.29) is 6.04 Å². The normalized spacial score (nSPS) is 11.6. The summed E-state index contributed by atoms with van der Waals surface area (Å²) in [6.07, 6.45) is 0. The number of aliphatic carboxylic acids is 1. The van der Waals surface area contributed by atoms with Crippen molar-refractivity contribution >= 4 is 23.6 Å². The van der Waals surface area contributed by atoms with Crippen LogP contribution >= 0.6 is 11.6 Å². The van der Waals surface area contributed by atoms with Gasteiger partial charge in [0, 0.05) is 5.02 Å². The minimum Gasteiger partial charge on any atom is -0.480 e. The highest BCUT2D eigenvalue weighted by Crippen LogP contribution is 2.21. The van der Waals surface area contributed by atoms with Gasteiger partial charge < -0.3 is 15.7 Å². The average Bonchev–Trinajstić information content (AvgIpc) is 2.26. The van der Waals surface area contributed by atoms with E-state index in [1.165, 1.54) is 0 Å². The summed E-state index contributed by atoms with van der Waals surface area (Å²) in [6, 6.07) is 6.30. The number of halogens is 1. The van der Waals surface area contributed by atoms with Crippen LogP contribution in [0.15, 0.2) is 24.3 Å². The predicted octanol–water partition coefficient (Wildman–Crippen LogP) is 1.78. The molecule has 0 fully saturated rings. The summed E-state index contributed by atoms with van der Waals surface area (Å²) in [4.78, 5) is 21.6. The van der Waals surface area contributed by atoms with Gasteiger partial charge in [0.1, 0.15) is 6.54 Å². The third-order valence-electron chi connectivity index (χ3n) is 2.12.